The molecule has 2 rings (SSSR count). The summed E-state index contributed by atoms with van der Waals surface area (Å²) in [6.45, 7) is 1.86. The van der Waals surface area contributed by atoms with Gasteiger partial charge in [-0.05, 0) is 18.2 Å². The Kier molecular flexibility index (Phi) is 4.52. The van der Waals surface area contributed by atoms with Gasteiger partial charge >= 0.3 is 5.97 Å². The number of nitrogens with zero attached hydrogens (tertiary/aromatic N) is 1. The molecule has 1 amide bonds. The highest BCUT2D eigenvalue weighted by Crippen LogP contribution is 2.31. The number of carbonyl (C=O) groups excluding carboxylic acids is 2. The standard InChI is InChI=1S/C14H15NO5S/c1-8(16)21-10-6-13(17)15(7-10)9-3-4-12(20-2)11(5-9)14(18)19/h3-5,10H,6-7H2,1-2H3,(H,18,19). The van der Waals surface area contributed by atoms with Crippen LogP contribution >= 0.6 is 11.8 Å². The number of hydrogen-bond donors (Lipinski definition) is 1. The first-order valence-corrected chi connectivity index (χ1v) is 7.19. The van der Waals surface area contributed by atoms with E-state index in [0.717, 1.165) is 11.8 Å². The van der Waals surface area contributed by atoms with Crippen LogP contribution in [0.2, 0.25) is 0 Å². The Morgan fingerprint density at radius 1 is 1.43 bits per heavy atom. The first-order chi connectivity index (χ1) is 9.92. The average molecular weight is 309 g/mol. The van der Waals surface area contributed by atoms with Crippen LogP contribution in [0.15, 0.2) is 18.2 Å². The molecule has 7 heteroatoms. The molecule has 0 spiro atoms. The van der Waals surface area contributed by atoms with Crippen molar-refractivity contribution >= 4 is 34.4 Å². The number of carboxylic acids is 1. The topological polar surface area (TPSA) is 83.9 Å². The van der Waals surface area contributed by atoms with Gasteiger partial charge in [-0.3, -0.25) is 9.59 Å². The summed E-state index contributed by atoms with van der Waals surface area (Å²) >= 11 is 1.14. The van der Waals surface area contributed by atoms with Crippen LogP contribution in [0.1, 0.15) is 23.7 Å². The fourth-order valence-electron chi connectivity index (χ4n) is 2.27. The second kappa shape index (κ2) is 6.17. The van der Waals surface area contributed by atoms with Crippen molar-refractivity contribution in [1.82, 2.24) is 0 Å². The van der Waals surface area contributed by atoms with Crippen molar-refractivity contribution < 1.29 is 24.2 Å². The predicted molar refractivity (Wildman–Crippen MR) is 79.0 cm³/mol. The van der Waals surface area contributed by atoms with Crippen LogP contribution in [-0.2, 0) is 9.59 Å². The van der Waals surface area contributed by atoms with Crippen molar-refractivity contribution in [2.75, 3.05) is 18.6 Å². The quantitative estimate of drug-likeness (QED) is 0.912. The van der Waals surface area contributed by atoms with Crippen LogP contribution < -0.4 is 9.64 Å². The normalized spacial score (nSPS) is 17.9. The van der Waals surface area contributed by atoms with Gasteiger partial charge < -0.3 is 14.7 Å². The van der Waals surface area contributed by atoms with Crippen LogP contribution in [0.4, 0.5) is 5.69 Å². The molecule has 1 atom stereocenters. The van der Waals surface area contributed by atoms with Crippen molar-refractivity contribution in [2.45, 2.75) is 18.6 Å². The third-order valence-electron chi connectivity index (χ3n) is 3.15. The van der Waals surface area contributed by atoms with Gasteiger partial charge in [-0.15, -0.1) is 0 Å². The number of thioether (sulfide) groups is 1. The second-order valence-corrected chi connectivity index (χ2v) is 6.11. The number of amides is 1. The lowest BCUT2D eigenvalue weighted by Gasteiger charge is -2.18. The van der Waals surface area contributed by atoms with Crippen LogP contribution in [0.25, 0.3) is 0 Å². The Hall–Kier alpha value is -2.02. The zero-order chi connectivity index (χ0) is 15.6. The first-order valence-electron chi connectivity index (χ1n) is 6.31. The molecule has 1 aromatic rings. The molecule has 1 aromatic carbocycles. The summed E-state index contributed by atoms with van der Waals surface area (Å²) in [5.74, 6) is -0.988. The maximum absolute atomic E-state index is 12.0. The number of aromatic carboxylic acids is 1. The molecule has 1 unspecified atom stereocenters. The van der Waals surface area contributed by atoms with Crippen molar-refractivity contribution in [1.29, 1.82) is 0 Å². The molecule has 0 aliphatic carbocycles. The summed E-state index contributed by atoms with van der Waals surface area (Å²) in [5.41, 5.74) is 0.510. The number of benzene rings is 1. The van der Waals surface area contributed by atoms with Crippen LogP contribution in [0.5, 0.6) is 5.75 Å². The van der Waals surface area contributed by atoms with E-state index in [2.05, 4.69) is 0 Å². The van der Waals surface area contributed by atoms with E-state index >= 15 is 0 Å². The molecule has 0 aromatic heterocycles. The Balaban J connectivity index is 2.26. The van der Waals surface area contributed by atoms with E-state index in [-0.39, 0.29) is 34.0 Å². The lowest BCUT2D eigenvalue weighted by atomic mass is 10.1. The fourth-order valence-corrected chi connectivity index (χ4v) is 3.19. The van der Waals surface area contributed by atoms with E-state index in [0.29, 0.717) is 12.2 Å². The number of methoxy groups -OCH3 is 1. The minimum Gasteiger partial charge on any atom is -0.496 e. The predicted octanol–water partition coefficient (Wildman–Crippen LogP) is 1.78. The maximum atomic E-state index is 12.0. The molecule has 0 saturated carbocycles. The minimum absolute atomic E-state index is 0.00507. The zero-order valence-electron chi connectivity index (χ0n) is 11.7. The summed E-state index contributed by atoms with van der Waals surface area (Å²) in [6, 6.07) is 4.58. The molecular weight excluding hydrogens is 294 g/mol. The highest BCUT2D eigenvalue weighted by atomic mass is 32.2. The highest BCUT2D eigenvalue weighted by molar-refractivity contribution is 8.14. The van der Waals surface area contributed by atoms with Crippen molar-refractivity contribution in [3.63, 3.8) is 0 Å². The van der Waals surface area contributed by atoms with Gasteiger partial charge in [0.15, 0.2) is 5.12 Å². The second-order valence-electron chi connectivity index (χ2n) is 4.63. The van der Waals surface area contributed by atoms with Crippen LogP contribution in [-0.4, -0.2) is 41.0 Å². The van der Waals surface area contributed by atoms with Gasteiger partial charge in [0.25, 0.3) is 0 Å². The fraction of sp³-hybridized carbons (Fsp3) is 0.357. The Morgan fingerprint density at radius 2 is 2.14 bits per heavy atom. The molecule has 112 valence electrons. The van der Waals surface area contributed by atoms with E-state index < -0.39 is 5.97 Å². The Bertz CT molecular complexity index is 601. The summed E-state index contributed by atoms with van der Waals surface area (Å²) in [7, 11) is 1.39. The monoisotopic (exact) mass is 309 g/mol. The van der Waals surface area contributed by atoms with Gasteiger partial charge in [-0.1, -0.05) is 11.8 Å². The van der Waals surface area contributed by atoms with E-state index in [1.807, 2.05) is 0 Å². The number of ether oxygens (including phenoxy) is 1. The number of carbonyl (C=O) groups is 3. The molecule has 21 heavy (non-hydrogen) atoms. The molecule has 1 saturated heterocycles. The van der Waals surface area contributed by atoms with E-state index in [1.54, 1.807) is 6.07 Å². The Labute approximate surface area is 126 Å². The Morgan fingerprint density at radius 3 is 2.71 bits per heavy atom. The molecule has 0 radical (unpaired) electrons. The molecule has 1 aliphatic rings. The van der Waals surface area contributed by atoms with Crippen LogP contribution in [0, 0.1) is 0 Å². The molecule has 1 fully saturated rings. The lowest BCUT2D eigenvalue weighted by Crippen LogP contribution is -2.25. The lowest BCUT2D eigenvalue weighted by molar-refractivity contribution is -0.117. The summed E-state index contributed by atoms with van der Waals surface area (Å²) in [5, 5.41) is 9.04. The summed E-state index contributed by atoms with van der Waals surface area (Å²) in [6.07, 6.45) is 0.276. The molecule has 6 nitrogen and oxygen atoms in total. The molecule has 0 bridgehead atoms. The smallest absolute Gasteiger partial charge is 0.339 e. The third-order valence-corrected chi connectivity index (χ3v) is 4.13. The van der Waals surface area contributed by atoms with Gasteiger partial charge in [0.05, 0.1) is 7.11 Å². The maximum Gasteiger partial charge on any atom is 0.339 e. The van der Waals surface area contributed by atoms with Gasteiger partial charge in [0.2, 0.25) is 5.91 Å². The zero-order valence-corrected chi connectivity index (χ0v) is 12.5. The first kappa shape index (κ1) is 15.4. The van der Waals surface area contributed by atoms with Crippen molar-refractivity contribution in [3.05, 3.63) is 23.8 Å². The van der Waals surface area contributed by atoms with Crippen molar-refractivity contribution in [2.24, 2.45) is 0 Å². The van der Waals surface area contributed by atoms with Gasteiger partial charge in [0, 0.05) is 30.8 Å². The molecule has 1 heterocycles. The largest absolute Gasteiger partial charge is 0.496 e. The molecule has 1 aliphatic heterocycles. The van der Waals surface area contributed by atoms with E-state index in [9.17, 15) is 14.4 Å². The molecule has 1 N–H and O–H groups in total. The van der Waals surface area contributed by atoms with Crippen LogP contribution in [0.3, 0.4) is 0 Å². The summed E-state index contributed by atoms with van der Waals surface area (Å²) in [4.78, 5) is 35.9. The van der Waals surface area contributed by atoms with Gasteiger partial charge in [-0.25, -0.2) is 4.79 Å². The van der Waals surface area contributed by atoms with Gasteiger partial charge in [0.1, 0.15) is 11.3 Å². The van der Waals surface area contributed by atoms with E-state index in [1.165, 1.54) is 31.1 Å². The SMILES string of the molecule is COc1ccc(N2CC(SC(C)=O)CC2=O)cc1C(=O)O. The van der Waals surface area contributed by atoms with Gasteiger partial charge in [-0.2, -0.15) is 0 Å². The number of anilines is 1. The third kappa shape index (κ3) is 3.36. The average Bonchev–Trinajstić information content (AvgIpc) is 2.77. The number of carboxylic acid groups (broad SMARTS) is 1. The number of hydrogen-bond acceptors (Lipinski definition) is 5. The highest BCUT2D eigenvalue weighted by Gasteiger charge is 2.32. The number of rotatable bonds is 4. The summed E-state index contributed by atoms with van der Waals surface area (Å²) < 4.78 is 4.99. The minimum atomic E-state index is -1.12. The van der Waals surface area contributed by atoms with Crippen molar-refractivity contribution in [3.8, 4) is 5.75 Å². The van der Waals surface area contributed by atoms with E-state index in [4.69, 9.17) is 9.84 Å². The molecular formula is C14H15NO5S.